The van der Waals surface area contributed by atoms with Crippen molar-refractivity contribution in [2.45, 2.75) is 32.6 Å². The molecule has 0 unspecified atom stereocenters. The zero-order chi connectivity index (χ0) is 14.5. The van der Waals surface area contributed by atoms with E-state index in [0.717, 1.165) is 12.5 Å². The predicted molar refractivity (Wildman–Crippen MR) is 75.2 cm³/mol. The van der Waals surface area contributed by atoms with Crippen molar-refractivity contribution in [2.24, 2.45) is 11.8 Å². The molecule has 0 atom stereocenters. The van der Waals surface area contributed by atoms with Crippen molar-refractivity contribution in [3.63, 3.8) is 0 Å². The largest absolute Gasteiger partial charge is 0.369 e. The van der Waals surface area contributed by atoms with E-state index >= 15 is 0 Å². The summed E-state index contributed by atoms with van der Waals surface area (Å²) in [5.41, 5.74) is 0.0713. The Morgan fingerprint density at radius 2 is 2.20 bits per heavy atom. The summed E-state index contributed by atoms with van der Waals surface area (Å²) >= 11 is 0. The summed E-state index contributed by atoms with van der Waals surface area (Å²) < 4.78 is 0. The fourth-order valence-corrected chi connectivity index (χ4v) is 2.55. The van der Waals surface area contributed by atoms with Crippen LogP contribution in [-0.2, 0) is 0 Å². The summed E-state index contributed by atoms with van der Waals surface area (Å²) in [6.45, 7) is 3.04. The van der Waals surface area contributed by atoms with Crippen molar-refractivity contribution in [2.75, 3.05) is 11.9 Å². The molecule has 0 aromatic carbocycles. The lowest BCUT2D eigenvalue weighted by Gasteiger charge is -2.26. The van der Waals surface area contributed by atoms with E-state index in [1.807, 2.05) is 6.07 Å². The lowest BCUT2D eigenvalue weighted by molar-refractivity contribution is -0.385. The summed E-state index contributed by atoms with van der Waals surface area (Å²) in [4.78, 5) is 14.1. The van der Waals surface area contributed by atoms with Crippen LogP contribution in [0.15, 0.2) is 12.3 Å². The fraction of sp³-hybridized carbons (Fsp3) is 0.571. The number of nitrogens with zero attached hydrogens (tertiary/aromatic N) is 3. The molecule has 1 aliphatic rings. The lowest BCUT2D eigenvalue weighted by atomic mass is 9.83. The molecule has 1 aromatic rings. The van der Waals surface area contributed by atoms with Gasteiger partial charge in [-0.05, 0) is 24.7 Å². The van der Waals surface area contributed by atoms with Gasteiger partial charge in [0.05, 0.1) is 4.92 Å². The second-order valence-electron chi connectivity index (χ2n) is 5.47. The van der Waals surface area contributed by atoms with Gasteiger partial charge in [-0.25, -0.2) is 4.98 Å². The third-order valence-electron chi connectivity index (χ3n) is 3.90. The molecule has 1 N–H and O–H groups in total. The number of pyridine rings is 1. The molecule has 1 heterocycles. The number of rotatable bonds is 4. The van der Waals surface area contributed by atoms with E-state index in [1.54, 1.807) is 0 Å². The Morgan fingerprint density at radius 3 is 2.80 bits per heavy atom. The zero-order valence-corrected chi connectivity index (χ0v) is 11.5. The van der Waals surface area contributed by atoms with Crippen LogP contribution in [0.4, 0.5) is 11.5 Å². The molecule has 0 radical (unpaired) electrons. The Balaban J connectivity index is 1.99. The van der Waals surface area contributed by atoms with Gasteiger partial charge >= 0.3 is 0 Å². The van der Waals surface area contributed by atoms with Crippen molar-refractivity contribution in [1.29, 1.82) is 5.26 Å². The van der Waals surface area contributed by atoms with Crippen LogP contribution in [0.25, 0.3) is 0 Å². The van der Waals surface area contributed by atoms with E-state index < -0.39 is 4.92 Å². The van der Waals surface area contributed by atoms with E-state index in [2.05, 4.69) is 17.2 Å². The average molecular weight is 274 g/mol. The van der Waals surface area contributed by atoms with E-state index in [4.69, 9.17) is 5.26 Å². The molecule has 0 saturated heterocycles. The molecule has 6 heteroatoms. The number of hydrogen-bond donors (Lipinski definition) is 1. The summed E-state index contributed by atoms with van der Waals surface area (Å²) in [7, 11) is 0. The quantitative estimate of drug-likeness (QED) is 0.672. The Bertz CT molecular complexity index is 530. The summed E-state index contributed by atoms with van der Waals surface area (Å²) in [5.74, 6) is 1.84. The number of nitriles is 1. The predicted octanol–water partition coefficient (Wildman–Crippen LogP) is 3.10. The number of nitrogens with one attached hydrogen (secondary N) is 1. The number of nitro groups is 1. The first-order valence-electron chi connectivity index (χ1n) is 6.88. The number of anilines is 1. The van der Waals surface area contributed by atoms with Crippen LogP contribution in [0.3, 0.4) is 0 Å². The number of aromatic nitrogens is 1. The van der Waals surface area contributed by atoms with E-state index in [-0.39, 0.29) is 11.3 Å². The number of hydrogen-bond acceptors (Lipinski definition) is 5. The second-order valence-corrected chi connectivity index (χ2v) is 5.47. The molecular formula is C14H18N4O2. The van der Waals surface area contributed by atoms with Gasteiger partial charge < -0.3 is 5.32 Å². The Morgan fingerprint density at radius 1 is 1.50 bits per heavy atom. The van der Waals surface area contributed by atoms with Gasteiger partial charge in [0, 0.05) is 12.6 Å². The smallest absolute Gasteiger partial charge is 0.289 e. The van der Waals surface area contributed by atoms with Crippen LogP contribution in [0.1, 0.15) is 38.2 Å². The van der Waals surface area contributed by atoms with Gasteiger partial charge in [0.15, 0.2) is 0 Å². The average Bonchev–Trinajstić information content (AvgIpc) is 2.46. The molecule has 2 rings (SSSR count). The molecule has 1 saturated carbocycles. The highest BCUT2D eigenvalue weighted by atomic mass is 16.6. The molecule has 0 spiro atoms. The van der Waals surface area contributed by atoms with Crippen molar-refractivity contribution >= 4 is 11.5 Å². The Kier molecular flexibility index (Phi) is 4.51. The van der Waals surface area contributed by atoms with Gasteiger partial charge in [-0.3, -0.25) is 10.1 Å². The van der Waals surface area contributed by atoms with Crippen LogP contribution in [-0.4, -0.2) is 16.5 Å². The van der Waals surface area contributed by atoms with Gasteiger partial charge in [-0.15, -0.1) is 0 Å². The van der Waals surface area contributed by atoms with Gasteiger partial charge in [0.1, 0.15) is 23.6 Å². The van der Waals surface area contributed by atoms with Gasteiger partial charge in [0.2, 0.25) is 0 Å². The van der Waals surface area contributed by atoms with Crippen LogP contribution < -0.4 is 5.32 Å². The first-order chi connectivity index (χ1) is 9.60. The van der Waals surface area contributed by atoms with Gasteiger partial charge in [-0.1, -0.05) is 19.8 Å². The first kappa shape index (κ1) is 14.3. The minimum atomic E-state index is -0.542. The highest BCUT2D eigenvalue weighted by Crippen LogP contribution is 2.28. The zero-order valence-electron chi connectivity index (χ0n) is 11.5. The van der Waals surface area contributed by atoms with Crippen LogP contribution >= 0.6 is 0 Å². The highest BCUT2D eigenvalue weighted by molar-refractivity contribution is 5.55. The summed E-state index contributed by atoms with van der Waals surface area (Å²) in [5, 5.41) is 22.9. The second kappa shape index (κ2) is 6.33. The van der Waals surface area contributed by atoms with Crippen LogP contribution in [0.5, 0.6) is 0 Å². The molecule has 1 fully saturated rings. The molecule has 106 valence electrons. The van der Waals surface area contributed by atoms with Crippen molar-refractivity contribution < 1.29 is 4.92 Å². The maximum Gasteiger partial charge on any atom is 0.289 e. The van der Waals surface area contributed by atoms with E-state index in [0.29, 0.717) is 11.7 Å². The molecule has 1 aromatic heterocycles. The summed E-state index contributed by atoms with van der Waals surface area (Å²) in [6, 6.07) is 3.22. The highest BCUT2D eigenvalue weighted by Gasteiger charge is 2.19. The minimum Gasteiger partial charge on any atom is -0.369 e. The van der Waals surface area contributed by atoms with Crippen LogP contribution in [0, 0.1) is 33.3 Å². The maximum absolute atomic E-state index is 10.7. The van der Waals surface area contributed by atoms with E-state index in [1.165, 1.54) is 37.9 Å². The molecule has 20 heavy (non-hydrogen) atoms. The molecular weight excluding hydrogens is 256 g/mol. The van der Waals surface area contributed by atoms with Crippen molar-refractivity contribution in [3.05, 3.63) is 27.9 Å². The normalized spacial score (nSPS) is 22.0. The van der Waals surface area contributed by atoms with Crippen molar-refractivity contribution in [1.82, 2.24) is 4.98 Å². The molecule has 1 aliphatic carbocycles. The molecule has 0 amide bonds. The van der Waals surface area contributed by atoms with Crippen molar-refractivity contribution in [3.8, 4) is 6.07 Å². The fourth-order valence-electron chi connectivity index (χ4n) is 2.55. The monoisotopic (exact) mass is 274 g/mol. The lowest BCUT2D eigenvalue weighted by Crippen LogP contribution is -2.20. The molecule has 0 bridgehead atoms. The SMILES string of the molecule is CC1CCC(CNc2ncc([N+](=O)[O-])cc2C#N)CC1. The molecule has 0 aliphatic heterocycles. The van der Waals surface area contributed by atoms with Gasteiger partial charge in [0.25, 0.3) is 5.69 Å². The Labute approximate surface area is 118 Å². The topological polar surface area (TPSA) is 91.8 Å². The summed E-state index contributed by atoms with van der Waals surface area (Å²) in [6.07, 6.45) is 6.04. The standard InChI is InChI=1S/C14H18N4O2/c1-10-2-4-11(5-3-10)8-16-14-12(7-15)6-13(9-17-14)18(19)20/h6,9-11H,2-5,8H2,1H3,(H,16,17). The first-order valence-corrected chi connectivity index (χ1v) is 6.88. The van der Waals surface area contributed by atoms with Crippen LogP contribution in [0.2, 0.25) is 0 Å². The minimum absolute atomic E-state index is 0.154. The third kappa shape index (κ3) is 3.44. The molecule has 6 nitrogen and oxygen atoms in total. The van der Waals surface area contributed by atoms with Gasteiger partial charge in [-0.2, -0.15) is 5.26 Å². The maximum atomic E-state index is 10.7. The Hall–Kier alpha value is -2.16. The van der Waals surface area contributed by atoms with E-state index in [9.17, 15) is 10.1 Å². The third-order valence-corrected chi connectivity index (χ3v) is 3.90.